The monoisotopic (exact) mass is 387 g/mol. The molecule has 4 rings (SSSR count). The number of carbonyl (C=O) groups excluding carboxylic acids is 1. The summed E-state index contributed by atoms with van der Waals surface area (Å²) in [5.41, 5.74) is 2.08. The third-order valence-electron chi connectivity index (χ3n) is 3.81. The number of furan rings is 1. The zero-order valence-corrected chi connectivity index (χ0v) is 14.9. The Hall–Kier alpha value is -2.83. The molecule has 0 aliphatic rings. The molecule has 8 heteroatoms. The second-order valence-corrected chi connectivity index (χ2v) is 6.40. The van der Waals surface area contributed by atoms with Crippen molar-refractivity contribution in [3.05, 3.63) is 64.0 Å². The van der Waals surface area contributed by atoms with Crippen molar-refractivity contribution in [1.29, 1.82) is 0 Å². The molecule has 0 spiro atoms. The van der Waals surface area contributed by atoms with Gasteiger partial charge in [0.15, 0.2) is 5.76 Å². The van der Waals surface area contributed by atoms with Crippen molar-refractivity contribution in [2.24, 2.45) is 0 Å². The summed E-state index contributed by atoms with van der Waals surface area (Å²) in [6.07, 6.45) is 1.53. The van der Waals surface area contributed by atoms with Gasteiger partial charge in [0.2, 0.25) is 0 Å². The van der Waals surface area contributed by atoms with Crippen LogP contribution < -0.4 is 5.32 Å². The standard InChI is InChI=1S/C18H11Cl2N3O3/c1-9-16-11(17(24)21-13-5-4-10(19)7-12(13)20)8-14(15-3-2-6-25-15)22-18(16)26-23-9/h2-8H,1H3,(H,21,24). The van der Waals surface area contributed by atoms with Crippen molar-refractivity contribution < 1.29 is 13.7 Å². The number of anilines is 1. The second kappa shape index (κ2) is 6.48. The molecule has 0 bridgehead atoms. The summed E-state index contributed by atoms with van der Waals surface area (Å²) in [6, 6.07) is 9.94. The molecule has 0 radical (unpaired) electrons. The Morgan fingerprint density at radius 2 is 2.04 bits per heavy atom. The van der Waals surface area contributed by atoms with Crippen LogP contribution in [0.5, 0.6) is 0 Å². The van der Waals surface area contributed by atoms with E-state index in [4.69, 9.17) is 32.1 Å². The Balaban J connectivity index is 1.81. The summed E-state index contributed by atoms with van der Waals surface area (Å²) in [5, 5.41) is 8.03. The largest absolute Gasteiger partial charge is 0.463 e. The molecule has 0 unspecified atom stereocenters. The fourth-order valence-electron chi connectivity index (χ4n) is 2.60. The molecule has 6 nitrogen and oxygen atoms in total. The highest BCUT2D eigenvalue weighted by Gasteiger charge is 2.20. The van der Waals surface area contributed by atoms with Crippen LogP contribution in [0.1, 0.15) is 16.1 Å². The van der Waals surface area contributed by atoms with Gasteiger partial charge in [-0.1, -0.05) is 28.4 Å². The Bertz CT molecular complexity index is 1120. The van der Waals surface area contributed by atoms with Gasteiger partial charge >= 0.3 is 0 Å². The number of nitrogens with zero attached hydrogens (tertiary/aromatic N) is 2. The van der Waals surface area contributed by atoms with Gasteiger partial charge in [0.25, 0.3) is 11.6 Å². The third kappa shape index (κ3) is 2.94. The summed E-state index contributed by atoms with van der Waals surface area (Å²) in [4.78, 5) is 17.3. The van der Waals surface area contributed by atoms with E-state index in [-0.39, 0.29) is 11.6 Å². The van der Waals surface area contributed by atoms with Crippen LogP contribution >= 0.6 is 23.2 Å². The number of pyridine rings is 1. The maximum atomic E-state index is 12.9. The Morgan fingerprint density at radius 1 is 1.19 bits per heavy atom. The van der Waals surface area contributed by atoms with Gasteiger partial charge in [0.1, 0.15) is 5.69 Å². The molecule has 130 valence electrons. The van der Waals surface area contributed by atoms with Gasteiger partial charge in [0.05, 0.1) is 33.6 Å². The van der Waals surface area contributed by atoms with Crippen LogP contribution in [0.15, 0.2) is 51.6 Å². The van der Waals surface area contributed by atoms with Crippen molar-refractivity contribution in [3.8, 4) is 11.5 Å². The average Bonchev–Trinajstić information content (AvgIpc) is 3.27. The first-order valence-corrected chi connectivity index (χ1v) is 8.36. The zero-order chi connectivity index (χ0) is 18.3. The Kier molecular flexibility index (Phi) is 4.14. The minimum absolute atomic E-state index is 0.253. The highest BCUT2D eigenvalue weighted by molar-refractivity contribution is 6.37. The van der Waals surface area contributed by atoms with Crippen LogP contribution in [0, 0.1) is 6.92 Å². The molecule has 1 N–H and O–H groups in total. The molecule has 1 aromatic carbocycles. The van der Waals surface area contributed by atoms with Crippen LogP contribution in [0.3, 0.4) is 0 Å². The van der Waals surface area contributed by atoms with Gasteiger partial charge in [-0.05, 0) is 43.3 Å². The van der Waals surface area contributed by atoms with E-state index in [0.29, 0.717) is 43.8 Å². The van der Waals surface area contributed by atoms with Crippen molar-refractivity contribution >= 4 is 45.9 Å². The van der Waals surface area contributed by atoms with Crippen molar-refractivity contribution in [1.82, 2.24) is 10.1 Å². The molecule has 0 saturated carbocycles. The maximum absolute atomic E-state index is 12.9. The lowest BCUT2D eigenvalue weighted by atomic mass is 10.1. The number of rotatable bonds is 3. The van der Waals surface area contributed by atoms with Gasteiger partial charge in [-0.25, -0.2) is 4.98 Å². The van der Waals surface area contributed by atoms with Gasteiger partial charge in [-0.15, -0.1) is 0 Å². The first-order valence-electron chi connectivity index (χ1n) is 7.60. The molecule has 0 aliphatic heterocycles. The van der Waals surface area contributed by atoms with E-state index in [2.05, 4.69) is 15.5 Å². The van der Waals surface area contributed by atoms with Crippen molar-refractivity contribution in [2.45, 2.75) is 6.92 Å². The van der Waals surface area contributed by atoms with E-state index in [0.717, 1.165) is 0 Å². The molecule has 0 atom stereocenters. The van der Waals surface area contributed by atoms with Gasteiger partial charge < -0.3 is 14.3 Å². The number of nitrogens with one attached hydrogen (secondary N) is 1. The highest BCUT2D eigenvalue weighted by Crippen LogP contribution is 2.30. The van der Waals surface area contributed by atoms with Crippen LogP contribution in [0.4, 0.5) is 5.69 Å². The second-order valence-electron chi connectivity index (χ2n) is 5.56. The smallest absolute Gasteiger partial charge is 0.259 e. The van der Waals surface area contributed by atoms with Crippen molar-refractivity contribution in [3.63, 3.8) is 0 Å². The van der Waals surface area contributed by atoms with Crippen LogP contribution in [-0.2, 0) is 0 Å². The lowest BCUT2D eigenvalue weighted by Crippen LogP contribution is -2.13. The topological polar surface area (TPSA) is 81.2 Å². The third-order valence-corrected chi connectivity index (χ3v) is 4.36. The number of benzene rings is 1. The minimum Gasteiger partial charge on any atom is -0.463 e. The Morgan fingerprint density at radius 3 is 2.77 bits per heavy atom. The van der Waals surface area contributed by atoms with Crippen LogP contribution in [0.25, 0.3) is 22.6 Å². The molecule has 3 heterocycles. The average molecular weight is 388 g/mol. The van der Waals surface area contributed by atoms with E-state index in [1.54, 1.807) is 43.3 Å². The molecule has 0 fully saturated rings. The normalized spacial score (nSPS) is 11.0. The van der Waals surface area contributed by atoms with Crippen LogP contribution in [0.2, 0.25) is 10.0 Å². The molecule has 26 heavy (non-hydrogen) atoms. The van der Waals surface area contributed by atoms with Gasteiger partial charge in [0, 0.05) is 5.02 Å². The number of hydrogen-bond donors (Lipinski definition) is 1. The summed E-state index contributed by atoms with van der Waals surface area (Å²) in [7, 11) is 0. The predicted octanol–water partition coefficient (Wildman–Crippen LogP) is 5.35. The van der Waals surface area contributed by atoms with E-state index < -0.39 is 0 Å². The first-order chi connectivity index (χ1) is 12.5. The molecule has 3 aromatic heterocycles. The number of halogens is 2. The van der Waals surface area contributed by atoms with Crippen molar-refractivity contribution in [2.75, 3.05) is 5.32 Å². The van der Waals surface area contributed by atoms with Gasteiger partial charge in [-0.3, -0.25) is 4.79 Å². The summed E-state index contributed by atoms with van der Waals surface area (Å²) < 4.78 is 10.6. The molecule has 4 aromatic rings. The zero-order valence-electron chi connectivity index (χ0n) is 13.4. The SMILES string of the molecule is Cc1noc2nc(-c3ccco3)cc(C(=O)Nc3ccc(Cl)cc3Cl)c12. The lowest BCUT2D eigenvalue weighted by molar-refractivity contribution is 0.102. The summed E-state index contributed by atoms with van der Waals surface area (Å²) in [5.74, 6) is 0.139. The minimum atomic E-state index is -0.374. The van der Waals surface area contributed by atoms with Crippen LogP contribution in [-0.4, -0.2) is 16.0 Å². The molecule has 0 aliphatic carbocycles. The summed E-state index contributed by atoms with van der Waals surface area (Å²) in [6.45, 7) is 1.74. The Labute approximate surface area is 157 Å². The molecule has 1 amide bonds. The highest BCUT2D eigenvalue weighted by atomic mass is 35.5. The number of carbonyl (C=O) groups is 1. The molecule has 0 saturated heterocycles. The van der Waals surface area contributed by atoms with E-state index in [9.17, 15) is 4.79 Å². The fourth-order valence-corrected chi connectivity index (χ4v) is 3.06. The summed E-state index contributed by atoms with van der Waals surface area (Å²) >= 11 is 12.0. The van der Waals surface area contributed by atoms with E-state index in [1.165, 1.54) is 6.26 Å². The predicted molar refractivity (Wildman–Crippen MR) is 98.7 cm³/mol. The number of hydrogen-bond acceptors (Lipinski definition) is 5. The lowest BCUT2D eigenvalue weighted by Gasteiger charge is -2.09. The molecular weight excluding hydrogens is 377 g/mol. The van der Waals surface area contributed by atoms with E-state index in [1.807, 2.05) is 0 Å². The number of amides is 1. The fraction of sp³-hybridized carbons (Fsp3) is 0.0556. The molecular formula is C18H11Cl2N3O3. The van der Waals surface area contributed by atoms with E-state index >= 15 is 0 Å². The number of aromatic nitrogens is 2. The van der Waals surface area contributed by atoms with Gasteiger partial charge in [-0.2, -0.15) is 0 Å². The maximum Gasteiger partial charge on any atom is 0.259 e. The first kappa shape index (κ1) is 16.6. The quantitative estimate of drug-likeness (QED) is 0.512. The number of fused-ring (bicyclic) bond motifs is 1. The number of aryl methyl sites for hydroxylation is 1.